The molecule has 3 aromatic carbocycles. The van der Waals surface area contributed by atoms with Crippen LogP contribution in [-0.2, 0) is 11.4 Å². The number of aromatic nitrogens is 1. The molecule has 0 aliphatic heterocycles. The van der Waals surface area contributed by atoms with Gasteiger partial charge in [-0.25, -0.2) is 4.98 Å². The van der Waals surface area contributed by atoms with Crippen molar-refractivity contribution >= 4 is 38.7 Å². The fourth-order valence-corrected chi connectivity index (χ4v) is 4.58. The van der Waals surface area contributed by atoms with Crippen LogP contribution in [0.2, 0.25) is 0 Å². The molecule has 0 bridgehead atoms. The highest BCUT2D eigenvalue weighted by Gasteiger charge is 2.14. The summed E-state index contributed by atoms with van der Waals surface area (Å²) in [5.74, 6) is 0.637. The molecule has 1 heterocycles. The van der Waals surface area contributed by atoms with Gasteiger partial charge in [0, 0.05) is 0 Å². The monoisotopic (exact) mass is 497 g/mol. The minimum absolute atomic E-state index is 0.0300. The molecule has 1 aromatic heterocycles. The molecule has 182 valence electrons. The molecule has 4 rings (SSSR count). The second-order valence-corrected chi connectivity index (χ2v) is 9.43. The highest BCUT2D eigenvalue weighted by Crippen LogP contribution is 2.31. The van der Waals surface area contributed by atoms with E-state index < -0.39 is 5.91 Å². The van der Waals surface area contributed by atoms with Crippen LogP contribution >= 0.6 is 11.3 Å². The fraction of sp³-hybridized carbons (Fsp3) is 0.207. The van der Waals surface area contributed by atoms with Crippen molar-refractivity contribution in [3.8, 4) is 17.6 Å². The van der Waals surface area contributed by atoms with E-state index in [9.17, 15) is 10.1 Å². The van der Waals surface area contributed by atoms with E-state index in [0.29, 0.717) is 35.4 Å². The van der Waals surface area contributed by atoms with Crippen LogP contribution in [0.3, 0.4) is 0 Å². The molecule has 0 spiro atoms. The second-order valence-electron chi connectivity index (χ2n) is 8.40. The number of aryl methyl sites for hydroxylation is 3. The Bertz CT molecular complexity index is 1460. The third kappa shape index (κ3) is 5.73. The molecule has 1 amide bonds. The summed E-state index contributed by atoms with van der Waals surface area (Å²) < 4.78 is 12.8. The van der Waals surface area contributed by atoms with E-state index in [4.69, 9.17) is 9.47 Å². The van der Waals surface area contributed by atoms with Crippen molar-refractivity contribution in [2.45, 2.75) is 34.3 Å². The molecule has 0 atom stereocenters. The number of rotatable bonds is 8. The zero-order valence-corrected chi connectivity index (χ0v) is 21.5. The molecule has 4 aromatic rings. The van der Waals surface area contributed by atoms with Crippen LogP contribution in [0, 0.1) is 32.1 Å². The van der Waals surface area contributed by atoms with Gasteiger partial charge in [0.25, 0.3) is 5.91 Å². The maximum atomic E-state index is 12.8. The lowest BCUT2D eigenvalue weighted by molar-refractivity contribution is -0.112. The molecular formula is C29H27N3O3S. The van der Waals surface area contributed by atoms with Gasteiger partial charge in [0.2, 0.25) is 0 Å². The molecule has 0 radical (unpaired) electrons. The summed E-state index contributed by atoms with van der Waals surface area (Å²) in [6, 6.07) is 19.4. The van der Waals surface area contributed by atoms with Gasteiger partial charge in [0.15, 0.2) is 16.6 Å². The van der Waals surface area contributed by atoms with Gasteiger partial charge < -0.3 is 9.47 Å². The third-order valence-electron chi connectivity index (χ3n) is 5.81. The number of fused-ring (bicyclic) bond motifs is 1. The van der Waals surface area contributed by atoms with Gasteiger partial charge in [0.1, 0.15) is 18.2 Å². The third-order valence-corrected chi connectivity index (χ3v) is 6.75. The average Bonchev–Trinajstić information content (AvgIpc) is 3.23. The summed E-state index contributed by atoms with van der Waals surface area (Å²) in [4.78, 5) is 17.3. The van der Waals surface area contributed by atoms with Crippen LogP contribution in [0.4, 0.5) is 5.13 Å². The number of thiazole rings is 1. The second kappa shape index (κ2) is 11.1. The molecule has 36 heavy (non-hydrogen) atoms. The molecule has 0 aliphatic rings. The number of anilines is 1. The molecule has 6 nitrogen and oxygen atoms in total. The van der Waals surface area contributed by atoms with Crippen LogP contribution < -0.4 is 14.8 Å². The van der Waals surface area contributed by atoms with Gasteiger partial charge in [0.05, 0.1) is 16.8 Å². The Balaban J connectivity index is 1.53. The van der Waals surface area contributed by atoms with Gasteiger partial charge in [-0.05, 0) is 85.9 Å². The van der Waals surface area contributed by atoms with Crippen molar-refractivity contribution in [1.29, 1.82) is 5.26 Å². The summed E-state index contributed by atoms with van der Waals surface area (Å²) in [6.45, 7) is 8.87. The van der Waals surface area contributed by atoms with Crippen molar-refractivity contribution in [2.24, 2.45) is 0 Å². The zero-order valence-electron chi connectivity index (χ0n) is 20.7. The Labute approximate surface area is 214 Å². The molecule has 0 fully saturated rings. The largest absolute Gasteiger partial charge is 0.490 e. The lowest BCUT2D eigenvalue weighted by Gasteiger charge is -2.14. The normalized spacial score (nSPS) is 11.2. The van der Waals surface area contributed by atoms with E-state index in [1.807, 2.05) is 64.1 Å². The first-order valence-corrected chi connectivity index (χ1v) is 12.4. The summed E-state index contributed by atoms with van der Waals surface area (Å²) in [6.07, 6.45) is 1.53. The Morgan fingerprint density at radius 1 is 1.03 bits per heavy atom. The maximum Gasteiger partial charge on any atom is 0.268 e. The molecule has 0 saturated carbocycles. The van der Waals surface area contributed by atoms with E-state index >= 15 is 0 Å². The number of amides is 1. The van der Waals surface area contributed by atoms with E-state index in [2.05, 4.69) is 16.4 Å². The van der Waals surface area contributed by atoms with Gasteiger partial charge in [-0.1, -0.05) is 41.7 Å². The van der Waals surface area contributed by atoms with Crippen molar-refractivity contribution < 1.29 is 14.3 Å². The van der Waals surface area contributed by atoms with Gasteiger partial charge in [-0.3, -0.25) is 10.1 Å². The van der Waals surface area contributed by atoms with Gasteiger partial charge in [-0.2, -0.15) is 5.26 Å². The number of carbonyl (C=O) groups is 1. The van der Waals surface area contributed by atoms with Crippen LogP contribution in [0.25, 0.3) is 16.3 Å². The first-order chi connectivity index (χ1) is 17.4. The summed E-state index contributed by atoms with van der Waals surface area (Å²) >= 11 is 1.38. The molecular weight excluding hydrogens is 470 g/mol. The SMILES string of the molecule is CCOc1cc(C=C(C#N)C(=O)Nc2nc3cc(C)c(C)cc3s2)ccc1OCc1ccccc1C. The number of ether oxygens (including phenoxy) is 2. The lowest BCUT2D eigenvalue weighted by Crippen LogP contribution is -2.13. The average molecular weight is 498 g/mol. The Hall–Kier alpha value is -4.15. The maximum absolute atomic E-state index is 12.8. The summed E-state index contributed by atoms with van der Waals surface area (Å²) in [5, 5.41) is 12.9. The number of hydrogen-bond acceptors (Lipinski definition) is 6. The number of nitrogens with zero attached hydrogens (tertiary/aromatic N) is 2. The summed E-state index contributed by atoms with van der Waals surface area (Å²) in [5.41, 5.74) is 5.99. The molecule has 0 unspecified atom stereocenters. The van der Waals surface area contributed by atoms with Crippen LogP contribution in [0.1, 0.15) is 34.7 Å². The smallest absolute Gasteiger partial charge is 0.268 e. The number of hydrogen-bond donors (Lipinski definition) is 1. The highest BCUT2D eigenvalue weighted by atomic mass is 32.1. The minimum atomic E-state index is -0.511. The molecule has 0 saturated heterocycles. The zero-order chi connectivity index (χ0) is 25.7. The molecule has 1 N–H and O–H groups in total. The lowest BCUT2D eigenvalue weighted by atomic mass is 10.1. The molecule has 7 heteroatoms. The van der Waals surface area contributed by atoms with Gasteiger partial charge in [-0.15, -0.1) is 0 Å². The Morgan fingerprint density at radius 3 is 2.56 bits per heavy atom. The fourth-order valence-electron chi connectivity index (χ4n) is 3.64. The topological polar surface area (TPSA) is 84.2 Å². The van der Waals surface area contributed by atoms with Gasteiger partial charge >= 0.3 is 0 Å². The van der Waals surface area contributed by atoms with Crippen LogP contribution in [-0.4, -0.2) is 17.5 Å². The number of nitrogens with one attached hydrogen (secondary N) is 1. The van der Waals surface area contributed by atoms with Crippen molar-refractivity contribution in [1.82, 2.24) is 4.98 Å². The summed E-state index contributed by atoms with van der Waals surface area (Å²) in [7, 11) is 0. The van der Waals surface area contributed by atoms with E-state index in [1.54, 1.807) is 18.2 Å². The van der Waals surface area contributed by atoms with Crippen LogP contribution in [0.15, 0.2) is 60.2 Å². The first kappa shape index (κ1) is 25.0. The first-order valence-electron chi connectivity index (χ1n) is 11.6. The molecule has 0 aliphatic carbocycles. The standard InChI is InChI=1S/C29H27N3O3S/c1-5-34-26-15-21(10-11-25(26)35-17-22-9-7-6-8-18(22)2)14-23(16-30)28(33)32-29-31-24-12-19(3)20(4)13-27(24)36-29/h6-15H,5,17H2,1-4H3,(H,31,32,33). The van der Waals surface area contributed by atoms with Crippen molar-refractivity contribution in [2.75, 3.05) is 11.9 Å². The quantitative estimate of drug-likeness (QED) is 0.215. The predicted octanol–water partition coefficient (Wildman–Crippen LogP) is 6.74. The Kier molecular flexibility index (Phi) is 7.67. The number of carbonyl (C=O) groups excluding carboxylic acids is 1. The number of nitriles is 1. The van der Waals surface area contributed by atoms with Crippen LogP contribution in [0.5, 0.6) is 11.5 Å². The van der Waals surface area contributed by atoms with Crippen molar-refractivity contribution in [3.63, 3.8) is 0 Å². The highest BCUT2D eigenvalue weighted by molar-refractivity contribution is 7.22. The number of benzene rings is 3. The minimum Gasteiger partial charge on any atom is -0.490 e. The van der Waals surface area contributed by atoms with E-state index in [1.165, 1.54) is 17.4 Å². The van der Waals surface area contributed by atoms with E-state index in [-0.39, 0.29) is 5.57 Å². The predicted molar refractivity (Wildman–Crippen MR) is 144 cm³/mol. The van der Waals surface area contributed by atoms with E-state index in [0.717, 1.165) is 32.5 Å². The Morgan fingerprint density at radius 2 is 1.81 bits per heavy atom. The van der Waals surface area contributed by atoms with Crippen molar-refractivity contribution in [3.05, 3.63) is 88.0 Å².